The van der Waals surface area contributed by atoms with Crippen LogP contribution in [0.4, 0.5) is 0 Å². The number of hydrogen-bond donors (Lipinski definition) is 0. The fourth-order valence-corrected chi connectivity index (χ4v) is 0.854. The maximum atomic E-state index is 10.9. The first-order chi connectivity index (χ1) is 5.76. The highest BCUT2D eigenvalue weighted by molar-refractivity contribution is 7.26. The fraction of sp³-hybridized carbons (Fsp3) is 0.571. The summed E-state index contributed by atoms with van der Waals surface area (Å²) in [5.74, 6) is 0.361. The van der Waals surface area contributed by atoms with Crippen LogP contribution in [0.1, 0.15) is 6.92 Å². The summed E-state index contributed by atoms with van der Waals surface area (Å²) >= 11 is 0. The van der Waals surface area contributed by atoms with Gasteiger partial charge in [0.15, 0.2) is 15.1 Å². The number of carbonyl (C=O) groups is 1. The summed E-state index contributed by atoms with van der Waals surface area (Å²) in [7, 11) is -0.415. The van der Waals surface area contributed by atoms with Crippen LogP contribution in [0.15, 0.2) is 0 Å². The van der Waals surface area contributed by atoms with Crippen LogP contribution in [-0.2, 0) is 18.8 Å². The predicted octanol–water partition coefficient (Wildman–Crippen LogP) is 0.817. The molecule has 0 aromatic heterocycles. The second kappa shape index (κ2) is 6.78. The van der Waals surface area contributed by atoms with Gasteiger partial charge >= 0.3 is 5.97 Å². The van der Waals surface area contributed by atoms with E-state index in [9.17, 15) is 9.36 Å². The van der Waals surface area contributed by atoms with E-state index in [4.69, 9.17) is 11.2 Å². The monoisotopic (exact) mass is 188 g/mol. The smallest absolute Gasteiger partial charge is 0.348 e. The Labute approximate surface area is 72.4 Å². The Hall–Kier alpha value is -0.910. The van der Waals surface area contributed by atoms with Gasteiger partial charge in [0.25, 0.3) is 0 Å². The molecular formula is C7H9O4P. The molecule has 0 aromatic rings. The van der Waals surface area contributed by atoms with E-state index in [1.165, 1.54) is 0 Å². The van der Waals surface area contributed by atoms with Crippen LogP contribution in [-0.4, -0.2) is 25.0 Å². The summed E-state index contributed by atoms with van der Waals surface area (Å²) in [6, 6.07) is 0. The normalized spacial score (nSPS) is 12.0. The average Bonchev–Trinajstić information content (AvgIpc) is 2.10. The number of ether oxygens (including phenoxy) is 2. The van der Waals surface area contributed by atoms with Gasteiger partial charge < -0.3 is 9.47 Å². The molecule has 0 spiro atoms. The number of esters is 1. The zero-order chi connectivity index (χ0) is 9.40. The lowest BCUT2D eigenvalue weighted by Crippen LogP contribution is -2.21. The minimum Gasteiger partial charge on any atom is -0.450 e. The van der Waals surface area contributed by atoms with Crippen LogP contribution < -0.4 is 0 Å². The molecule has 0 saturated heterocycles. The van der Waals surface area contributed by atoms with Crippen LogP contribution in [0.3, 0.4) is 0 Å². The van der Waals surface area contributed by atoms with Crippen molar-refractivity contribution in [2.24, 2.45) is 0 Å². The molecule has 1 unspecified atom stereocenters. The molecule has 66 valence electrons. The maximum Gasteiger partial charge on any atom is 0.348 e. The van der Waals surface area contributed by atoms with E-state index in [0.29, 0.717) is 6.61 Å². The fourth-order valence-electron chi connectivity index (χ4n) is 0.483. The van der Waals surface area contributed by atoms with Gasteiger partial charge in [0, 0.05) is 6.61 Å². The highest BCUT2D eigenvalue weighted by Crippen LogP contribution is 2.09. The van der Waals surface area contributed by atoms with Crippen molar-refractivity contribution in [1.29, 1.82) is 0 Å². The largest absolute Gasteiger partial charge is 0.450 e. The lowest BCUT2D eigenvalue weighted by molar-refractivity contribution is -0.149. The van der Waals surface area contributed by atoms with Gasteiger partial charge in [-0.15, -0.1) is 6.42 Å². The molecule has 12 heavy (non-hydrogen) atoms. The molecule has 0 amide bonds. The minimum absolute atomic E-state index is 0.127. The second-order valence-electron chi connectivity index (χ2n) is 1.72. The Balaban J connectivity index is 3.87. The first kappa shape index (κ1) is 11.1. The van der Waals surface area contributed by atoms with E-state index in [1.807, 2.05) is 0 Å². The quantitative estimate of drug-likeness (QED) is 0.364. The van der Waals surface area contributed by atoms with E-state index in [0.717, 1.165) is 0 Å². The van der Waals surface area contributed by atoms with Crippen molar-refractivity contribution in [3.05, 3.63) is 0 Å². The third-order valence-electron chi connectivity index (χ3n) is 0.920. The molecule has 0 aliphatic carbocycles. The first-order valence-corrected chi connectivity index (χ1v) is 4.18. The van der Waals surface area contributed by atoms with Crippen molar-refractivity contribution < 1.29 is 18.8 Å². The number of terminal acetylenes is 1. The van der Waals surface area contributed by atoms with Gasteiger partial charge in [-0.05, 0) is 6.92 Å². The van der Waals surface area contributed by atoms with Gasteiger partial charge in [-0.3, -0.25) is 4.57 Å². The van der Waals surface area contributed by atoms with Gasteiger partial charge in [0.2, 0.25) is 5.85 Å². The molecule has 0 heterocycles. The van der Waals surface area contributed by atoms with E-state index in [2.05, 4.69) is 10.7 Å². The molecule has 0 saturated carbocycles. The predicted molar refractivity (Wildman–Crippen MR) is 42.8 cm³/mol. The lowest BCUT2D eigenvalue weighted by atomic mass is 10.7. The summed E-state index contributed by atoms with van der Waals surface area (Å²) < 4.78 is 19.6. The van der Waals surface area contributed by atoms with Crippen LogP contribution in [0.25, 0.3) is 0 Å². The molecule has 0 fully saturated rings. The molecule has 0 radical (unpaired) electrons. The molecule has 0 rings (SSSR count). The third-order valence-corrected chi connectivity index (χ3v) is 1.47. The van der Waals surface area contributed by atoms with Crippen LogP contribution in [0.5, 0.6) is 0 Å². The Morgan fingerprint density at radius 1 is 1.75 bits per heavy atom. The Morgan fingerprint density at radius 3 is 2.83 bits per heavy atom. The molecule has 0 aliphatic heterocycles. The van der Waals surface area contributed by atoms with Crippen molar-refractivity contribution in [3.8, 4) is 12.3 Å². The van der Waals surface area contributed by atoms with E-state index < -0.39 is 20.3 Å². The summed E-state index contributed by atoms with van der Waals surface area (Å²) in [4.78, 5) is 10.9. The van der Waals surface area contributed by atoms with Gasteiger partial charge in [-0.2, -0.15) is 0 Å². The summed E-state index contributed by atoms with van der Waals surface area (Å²) in [6.45, 7) is 1.86. The molecule has 0 N–H and O–H groups in total. The average molecular weight is 188 g/mol. The van der Waals surface area contributed by atoms with Gasteiger partial charge in [-0.1, -0.05) is 5.92 Å². The van der Waals surface area contributed by atoms with E-state index in [1.54, 1.807) is 6.92 Å². The Morgan fingerprint density at radius 2 is 2.42 bits per heavy atom. The number of carbonyl (C=O) groups excluding carboxylic acids is 1. The summed E-state index contributed by atoms with van der Waals surface area (Å²) in [6.07, 6.45) is 4.84. The van der Waals surface area contributed by atoms with Gasteiger partial charge in [0.1, 0.15) is 0 Å². The van der Waals surface area contributed by atoms with Crippen molar-refractivity contribution in [2.45, 2.75) is 12.8 Å². The Kier molecular flexibility index (Phi) is 6.26. The molecule has 5 heteroatoms. The lowest BCUT2D eigenvalue weighted by Gasteiger charge is -2.06. The molecule has 1 atom stereocenters. The third kappa shape index (κ3) is 4.07. The van der Waals surface area contributed by atoms with E-state index >= 15 is 0 Å². The van der Waals surface area contributed by atoms with E-state index in [-0.39, 0.29) is 6.61 Å². The molecule has 4 nitrogen and oxygen atoms in total. The van der Waals surface area contributed by atoms with Crippen molar-refractivity contribution in [2.75, 3.05) is 13.2 Å². The highest BCUT2D eigenvalue weighted by atomic mass is 31.1. The summed E-state index contributed by atoms with van der Waals surface area (Å²) in [5, 5.41) is 0. The topological polar surface area (TPSA) is 52.6 Å². The minimum atomic E-state index is -1.05. The molecule has 0 bridgehead atoms. The molecule has 0 aliphatic rings. The highest BCUT2D eigenvalue weighted by Gasteiger charge is 2.19. The zero-order valence-electron chi connectivity index (χ0n) is 6.65. The SMILES string of the molecule is C#CCOC(=O)C(OCC)P=O. The molecular weight excluding hydrogens is 179 g/mol. The van der Waals surface area contributed by atoms with Crippen LogP contribution in [0.2, 0.25) is 0 Å². The van der Waals surface area contributed by atoms with Crippen molar-refractivity contribution in [3.63, 3.8) is 0 Å². The van der Waals surface area contributed by atoms with Gasteiger partial charge in [0.05, 0.1) is 0 Å². The molecule has 0 aromatic carbocycles. The van der Waals surface area contributed by atoms with Crippen LogP contribution >= 0.6 is 8.46 Å². The second-order valence-corrected chi connectivity index (χ2v) is 2.40. The maximum absolute atomic E-state index is 10.9. The first-order valence-electron chi connectivity index (χ1n) is 3.30. The van der Waals surface area contributed by atoms with Crippen molar-refractivity contribution >= 4 is 14.4 Å². The van der Waals surface area contributed by atoms with Crippen molar-refractivity contribution in [1.82, 2.24) is 0 Å². The standard InChI is InChI=1S/C7H9O4P/c1-3-5-11-6(8)7(12-9)10-4-2/h1,7H,4-5H2,2H3. The summed E-state index contributed by atoms with van der Waals surface area (Å²) in [5.41, 5.74) is 0. The van der Waals surface area contributed by atoms with Crippen LogP contribution in [0, 0.1) is 12.3 Å². The number of hydrogen-bond acceptors (Lipinski definition) is 4. The number of rotatable bonds is 5. The van der Waals surface area contributed by atoms with Gasteiger partial charge in [-0.25, -0.2) is 4.79 Å². The zero-order valence-corrected chi connectivity index (χ0v) is 7.54. The Bertz CT molecular complexity index is 196.